The van der Waals surface area contributed by atoms with Crippen LogP contribution >= 0.6 is 0 Å². The highest BCUT2D eigenvalue weighted by Crippen LogP contribution is 2.67. The van der Waals surface area contributed by atoms with Gasteiger partial charge in [0.15, 0.2) is 5.75 Å². The molecule has 1 aromatic rings. The number of carbonyl (C=O) groups excluding carboxylic acids is 1. The summed E-state index contributed by atoms with van der Waals surface area (Å²) in [7, 11) is 0. The first-order valence-electron chi connectivity index (χ1n) is 6.84. The number of nitrogens with zero attached hydrogens (tertiary/aromatic N) is 1. The van der Waals surface area contributed by atoms with Gasteiger partial charge < -0.3 is 10.4 Å². The summed E-state index contributed by atoms with van der Waals surface area (Å²) in [6.45, 7) is 9.22. The van der Waals surface area contributed by atoms with Crippen LogP contribution in [-0.4, -0.2) is 22.5 Å². The molecule has 1 saturated carbocycles. The Morgan fingerprint density at radius 3 is 2.33 bits per heavy atom. The molecule has 2 N–H and O–H groups in total. The Morgan fingerprint density at radius 2 is 1.90 bits per heavy atom. The molecule has 0 saturated heterocycles. The summed E-state index contributed by atoms with van der Waals surface area (Å²) in [5, 5.41) is 23.0. The van der Waals surface area contributed by atoms with Crippen LogP contribution in [0.25, 0.3) is 0 Å². The fourth-order valence-corrected chi connectivity index (χ4v) is 2.96. The average molecular weight is 292 g/mol. The summed E-state index contributed by atoms with van der Waals surface area (Å²) in [4.78, 5) is 22.0. The fraction of sp³-hybridized carbons (Fsp3) is 0.533. The Bertz CT molecular complexity index is 594. The Kier molecular flexibility index (Phi) is 3.43. The van der Waals surface area contributed by atoms with Crippen molar-refractivity contribution in [1.82, 2.24) is 5.32 Å². The zero-order valence-electron chi connectivity index (χ0n) is 12.6. The number of hydrogen-bond donors (Lipinski definition) is 2. The smallest absolute Gasteiger partial charge is 0.310 e. The van der Waals surface area contributed by atoms with E-state index in [2.05, 4.69) is 33.0 Å². The molecule has 0 heterocycles. The van der Waals surface area contributed by atoms with Crippen molar-refractivity contribution in [1.29, 1.82) is 0 Å². The second kappa shape index (κ2) is 4.72. The highest BCUT2D eigenvalue weighted by Gasteiger charge is 2.64. The summed E-state index contributed by atoms with van der Waals surface area (Å²) >= 11 is 0. The van der Waals surface area contributed by atoms with E-state index in [9.17, 15) is 20.0 Å². The van der Waals surface area contributed by atoms with E-state index in [4.69, 9.17) is 0 Å². The molecule has 0 aromatic heterocycles. The Balaban J connectivity index is 2.02. The molecule has 2 rings (SSSR count). The zero-order valence-corrected chi connectivity index (χ0v) is 12.6. The molecular formula is C15H20N2O4. The number of aromatic hydroxyl groups is 1. The standard InChI is InChI=1S/C15H20N2O4/c1-14(2)12(15(14,3)4)8-16-13(19)9-5-6-10(17(20)21)11(18)7-9/h5-7,12,18H,8H2,1-4H3,(H,16,19). The molecule has 21 heavy (non-hydrogen) atoms. The number of benzene rings is 1. The molecule has 0 unspecified atom stereocenters. The van der Waals surface area contributed by atoms with Crippen LogP contribution in [0.1, 0.15) is 38.1 Å². The summed E-state index contributed by atoms with van der Waals surface area (Å²) < 4.78 is 0. The number of nitro benzene ring substituents is 1. The SMILES string of the molecule is CC1(C)C(CNC(=O)c2ccc([N+](=O)[O-])c(O)c2)C1(C)C. The number of rotatable bonds is 4. The summed E-state index contributed by atoms with van der Waals surface area (Å²) in [6, 6.07) is 3.60. The minimum atomic E-state index is -0.688. The highest BCUT2D eigenvalue weighted by molar-refractivity contribution is 5.95. The maximum Gasteiger partial charge on any atom is 0.310 e. The number of amides is 1. The van der Waals surface area contributed by atoms with E-state index in [1.165, 1.54) is 6.07 Å². The predicted molar refractivity (Wildman–Crippen MR) is 78.1 cm³/mol. The lowest BCUT2D eigenvalue weighted by atomic mass is 10.0. The molecule has 0 spiro atoms. The van der Waals surface area contributed by atoms with Crippen LogP contribution in [0, 0.1) is 26.9 Å². The van der Waals surface area contributed by atoms with Gasteiger partial charge in [0.25, 0.3) is 5.91 Å². The third-order valence-corrected chi connectivity index (χ3v) is 5.22. The van der Waals surface area contributed by atoms with Gasteiger partial charge in [-0.1, -0.05) is 27.7 Å². The molecule has 0 aliphatic heterocycles. The monoisotopic (exact) mass is 292 g/mol. The van der Waals surface area contributed by atoms with E-state index in [1.54, 1.807) is 0 Å². The van der Waals surface area contributed by atoms with E-state index in [0.717, 1.165) is 12.1 Å². The summed E-state index contributed by atoms with van der Waals surface area (Å²) in [5.41, 5.74) is 0.167. The molecule has 0 radical (unpaired) electrons. The average Bonchev–Trinajstić information content (AvgIpc) is 2.76. The molecule has 1 amide bonds. The van der Waals surface area contributed by atoms with Crippen molar-refractivity contribution in [2.75, 3.05) is 6.54 Å². The molecule has 0 bridgehead atoms. The second-order valence-corrected chi connectivity index (χ2v) is 6.67. The quantitative estimate of drug-likeness (QED) is 0.659. The van der Waals surface area contributed by atoms with Crippen molar-refractivity contribution < 1.29 is 14.8 Å². The third kappa shape index (κ3) is 2.46. The normalized spacial score (nSPS) is 19.0. The molecule has 1 fully saturated rings. The van der Waals surface area contributed by atoms with Crippen LogP contribution in [0.15, 0.2) is 18.2 Å². The van der Waals surface area contributed by atoms with Gasteiger partial charge in [-0.25, -0.2) is 0 Å². The van der Waals surface area contributed by atoms with Gasteiger partial charge in [0.2, 0.25) is 0 Å². The van der Waals surface area contributed by atoms with E-state index in [1.807, 2.05) is 0 Å². The van der Waals surface area contributed by atoms with Crippen molar-refractivity contribution in [2.24, 2.45) is 16.7 Å². The third-order valence-electron chi connectivity index (χ3n) is 5.22. The van der Waals surface area contributed by atoms with Crippen molar-refractivity contribution in [2.45, 2.75) is 27.7 Å². The number of carbonyl (C=O) groups is 1. The molecule has 1 aromatic carbocycles. The van der Waals surface area contributed by atoms with E-state index >= 15 is 0 Å². The van der Waals surface area contributed by atoms with Crippen LogP contribution in [-0.2, 0) is 0 Å². The molecular weight excluding hydrogens is 272 g/mol. The van der Waals surface area contributed by atoms with E-state index in [-0.39, 0.29) is 22.3 Å². The summed E-state index contributed by atoms with van der Waals surface area (Å²) in [5.74, 6) is -0.445. The highest BCUT2D eigenvalue weighted by atomic mass is 16.6. The molecule has 1 aliphatic carbocycles. The fourth-order valence-electron chi connectivity index (χ4n) is 2.96. The van der Waals surface area contributed by atoms with Crippen molar-refractivity contribution in [3.63, 3.8) is 0 Å². The molecule has 0 atom stereocenters. The maximum absolute atomic E-state index is 12.0. The number of phenolic OH excluding ortho intramolecular Hbond substituents is 1. The molecule has 114 valence electrons. The molecule has 6 nitrogen and oxygen atoms in total. The number of phenols is 1. The topological polar surface area (TPSA) is 92.5 Å². The number of hydrogen-bond acceptors (Lipinski definition) is 4. The first-order chi connectivity index (χ1) is 9.59. The van der Waals surface area contributed by atoms with Crippen LogP contribution in [0.2, 0.25) is 0 Å². The number of nitro groups is 1. The maximum atomic E-state index is 12.0. The van der Waals surface area contributed by atoms with Gasteiger partial charge >= 0.3 is 5.69 Å². The lowest BCUT2D eigenvalue weighted by Crippen LogP contribution is -2.27. The Labute approximate surface area is 123 Å². The summed E-state index contributed by atoms with van der Waals surface area (Å²) in [6.07, 6.45) is 0. The van der Waals surface area contributed by atoms with Crippen LogP contribution in [0.4, 0.5) is 5.69 Å². The Hall–Kier alpha value is -2.11. The van der Waals surface area contributed by atoms with Crippen molar-refractivity contribution in [3.8, 4) is 5.75 Å². The predicted octanol–water partition coefficient (Wildman–Crippen LogP) is 2.71. The molecule has 1 aliphatic rings. The van der Waals surface area contributed by atoms with Crippen LogP contribution in [0.3, 0.4) is 0 Å². The van der Waals surface area contributed by atoms with Crippen molar-refractivity contribution >= 4 is 11.6 Å². The minimum absolute atomic E-state index is 0.178. The van der Waals surface area contributed by atoms with Gasteiger partial charge in [0.1, 0.15) is 0 Å². The van der Waals surface area contributed by atoms with Crippen LogP contribution < -0.4 is 5.32 Å². The first kappa shape index (κ1) is 15.3. The van der Waals surface area contributed by atoms with Gasteiger partial charge in [-0.3, -0.25) is 14.9 Å². The van der Waals surface area contributed by atoms with Gasteiger partial charge in [0, 0.05) is 18.2 Å². The van der Waals surface area contributed by atoms with Gasteiger partial charge in [-0.15, -0.1) is 0 Å². The van der Waals surface area contributed by atoms with Gasteiger partial charge in [0.05, 0.1) is 4.92 Å². The Morgan fingerprint density at radius 1 is 1.33 bits per heavy atom. The lowest BCUT2D eigenvalue weighted by Gasteiger charge is -2.07. The van der Waals surface area contributed by atoms with Crippen molar-refractivity contribution in [3.05, 3.63) is 33.9 Å². The minimum Gasteiger partial charge on any atom is -0.502 e. The van der Waals surface area contributed by atoms with Gasteiger partial charge in [-0.2, -0.15) is 0 Å². The first-order valence-corrected chi connectivity index (χ1v) is 6.84. The molecule has 6 heteroatoms. The second-order valence-electron chi connectivity index (χ2n) is 6.67. The number of nitrogens with one attached hydrogen (secondary N) is 1. The largest absolute Gasteiger partial charge is 0.502 e. The lowest BCUT2D eigenvalue weighted by molar-refractivity contribution is -0.385. The van der Waals surface area contributed by atoms with E-state index in [0.29, 0.717) is 12.5 Å². The van der Waals surface area contributed by atoms with Crippen LogP contribution in [0.5, 0.6) is 5.75 Å². The van der Waals surface area contributed by atoms with Gasteiger partial charge in [-0.05, 0) is 28.9 Å². The van der Waals surface area contributed by atoms with E-state index < -0.39 is 16.4 Å². The zero-order chi connectivity index (χ0) is 16.0.